The lowest BCUT2D eigenvalue weighted by Gasteiger charge is -2.11. The number of benzene rings is 3. The SMILES string of the molecule is Cc1ccc(Oc2cc(-c3nn(-c4nc(C(=O)O)cs4)c(CC4CC4)c3Cc3ccc(S(N)(=O)=O)cc3)ccc2F)cc1. The topological polar surface area (TPSA) is 137 Å². The number of aryl methyl sites for hydroxylation is 1. The van der Waals surface area contributed by atoms with Crippen molar-refractivity contribution < 1.29 is 27.4 Å². The Morgan fingerprint density at radius 1 is 1.12 bits per heavy atom. The number of rotatable bonds is 10. The lowest BCUT2D eigenvalue weighted by Crippen LogP contribution is -2.12. The molecule has 220 valence electrons. The van der Waals surface area contributed by atoms with Gasteiger partial charge in [0.1, 0.15) is 5.75 Å². The first-order valence-electron chi connectivity index (χ1n) is 13.5. The van der Waals surface area contributed by atoms with E-state index in [4.69, 9.17) is 15.0 Å². The third kappa shape index (κ3) is 6.36. The van der Waals surface area contributed by atoms with E-state index in [1.807, 2.05) is 19.1 Å². The predicted molar refractivity (Wildman–Crippen MR) is 160 cm³/mol. The van der Waals surface area contributed by atoms with Gasteiger partial charge in [0.2, 0.25) is 15.2 Å². The molecule has 0 saturated heterocycles. The number of hydrogen-bond donors (Lipinski definition) is 2. The minimum absolute atomic E-state index is 0.00536. The molecule has 43 heavy (non-hydrogen) atoms. The van der Waals surface area contributed by atoms with Crippen LogP contribution in [-0.2, 0) is 22.9 Å². The van der Waals surface area contributed by atoms with Gasteiger partial charge in [0.25, 0.3) is 0 Å². The number of nitrogens with zero attached hydrogens (tertiary/aromatic N) is 3. The van der Waals surface area contributed by atoms with Crippen molar-refractivity contribution in [3.05, 3.63) is 106 Å². The highest BCUT2D eigenvalue weighted by molar-refractivity contribution is 7.89. The van der Waals surface area contributed by atoms with Crippen LogP contribution in [0.25, 0.3) is 16.4 Å². The molecular formula is C31H27FN4O5S2. The lowest BCUT2D eigenvalue weighted by atomic mass is 9.97. The van der Waals surface area contributed by atoms with E-state index >= 15 is 0 Å². The predicted octanol–water partition coefficient (Wildman–Crippen LogP) is 6.12. The Labute approximate surface area is 251 Å². The molecule has 0 atom stereocenters. The summed E-state index contributed by atoms with van der Waals surface area (Å²) in [4.78, 5) is 15.9. The number of thiazole rings is 1. The molecule has 5 aromatic rings. The molecule has 0 amide bonds. The Bertz CT molecular complexity index is 1930. The molecule has 2 heterocycles. The zero-order valence-corrected chi connectivity index (χ0v) is 24.7. The van der Waals surface area contributed by atoms with Crippen molar-refractivity contribution in [2.45, 2.75) is 37.5 Å². The fourth-order valence-electron chi connectivity index (χ4n) is 4.79. The van der Waals surface area contributed by atoms with E-state index in [0.29, 0.717) is 40.9 Å². The fraction of sp³-hybridized carbons (Fsp3) is 0.194. The quantitative estimate of drug-likeness (QED) is 0.192. The van der Waals surface area contributed by atoms with E-state index in [0.717, 1.165) is 35.2 Å². The third-order valence-electron chi connectivity index (χ3n) is 7.25. The molecule has 9 nitrogen and oxygen atoms in total. The monoisotopic (exact) mass is 618 g/mol. The van der Waals surface area contributed by atoms with Crippen molar-refractivity contribution in [1.82, 2.24) is 14.8 Å². The van der Waals surface area contributed by atoms with Crippen LogP contribution in [0.15, 0.2) is 77.0 Å². The van der Waals surface area contributed by atoms with Crippen molar-refractivity contribution in [3.63, 3.8) is 0 Å². The molecule has 1 aliphatic carbocycles. The van der Waals surface area contributed by atoms with E-state index in [1.54, 1.807) is 41.1 Å². The summed E-state index contributed by atoms with van der Waals surface area (Å²) in [5.74, 6) is -0.705. The zero-order valence-electron chi connectivity index (χ0n) is 23.0. The minimum Gasteiger partial charge on any atom is -0.476 e. The standard InChI is InChI=1S/C31H27FN4O5S2/c1-18-2-9-22(10-3-18)41-28-16-21(8-13-25(28)32)29-24(14-19-6-11-23(12-7-19)43(33,39)40)27(15-20-4-5-20)36(35-29)31-34-26(17-42-31)30(37)38/h2-3,6-13,16-17,20H,4-5,14-15H2,1H3,(H,37,38)(H2,33,39,40). The molecule has 2 aromatic heterocycles. The van der Waals surface area contributed by atoms with Gasteiger partial charge in [-0.15, -0.1) is 11.3 Å². The van der Waals surface area contributed by atoms with Crippen LogP contribution >= 0.6 is 11.3 Å². The van der Waals surface area contributed by atoms with Crippen LogP contribution in [0.2, 0.25) is 0 Å². The number of nitrogens with two attached hydrogens (primary N) is 1. The molecule has 3 aromatic carbocycles. The van der Waals surface area contributed by atoms with E-state index in [2.05, 4.69) is 4.98 Å². The van der Waals surface area contributed by atoms with E-state index in [9.17, 15) is 22.7 Å². The smallest absolute Gasteiger partial charge is 0.355 e. The van der Waals surface area contributed by atoms with Gasteiger partial charge in [0.05, 0.1) is 16.3 Å². The number of ether oxygens (including phenoxy) is 1. The van der Waals surface area contributed by atoms with Crippen molar-refractivity contribution in [3.8, 4) is 27.9 Å². The van der Waals surface area contributed by atoms with Crippen molar-refractivity contribution >= 4 is 27.3 Å². The average Bonchev–Trinajstić information content (AvgIpc) is 3.53. The first-order valence-corrected chi connectivity index (χ1v) is 15.9. The molecule has 12 heteroatoms. The first-order chi connectivity index (χ1) is 20.5. The second-order valence-corrected chi connectivity index (χ2v) is 13.0. The summed E-state index contributed by atoms with van der Waals surface area (Å²) in [6.45, 7) is 1.95. The van der Waals surface area contributed by atoms with Gasteiger partial charge in [-0.05, 0) is 80.1 Å². The normalized spacial score (nSPS) is 13.3. The number of aromatic nitrogens is 3. The maximum atomic E-state index is 15.0. The summed E-state index contributed by atoms with van der Waals surface area (Å²) in [5.41, 5.74) is 4.65. The number of carbonyl (C=O) groups is 1. The molecule has 0 unspecified atom stereocenters. The maximum Gasteiger partial charge on any atom is 0.355 e. The fourth-order valence-corrected chi connectivity index (χ4v) is 6.08. The van der Waals surface area contributed by atoms with Crippen LogP contribution < -0.4 is 9.88 Å². The number of carboxylic acid groups (broad SMARTS) is 1. The maximum absolute atomic E-state index is 15.0. The largest absolute Gasteiger partial charge is 0.476 e. The summed E-state index contributed by atoms with van der Waals surface area (Å²) in [5, 5.41) is 21.6. The van der Waals surface area contributed by atoms with Crippen LogP contribution in [0.5, 0.6) is 11.5 Å². The molecule has 0 radical (unpaired) electrons. The van der Waals surface area contributed by atoms with Gasteiger partial charge in [0, 0.05) is 22.9 Å². The Morgan fingerprint density at radius 3 is 2.47 bits per heavy atom. The van der Waals surface area contributed by atoms with Crippen molar-refractivity contribution in [1.29, 1.82) is 0 Å². The summed E-state index contributed by atoms with van der Waals surface area (Å²) in [6.07, 6.45) is 3.19. The second-order valence-electron chi connectivity index (χ2n) is 10.6. The van der Waals surface area contributed by atoms with Gasteiger partial charge in [-0.1, -0.05) is 29.8 Å². The van der Waals surface area contributed by atoms with Crippen LogP contribution in [-0.4, -0.2) is 34.3 Å². The number of halogens is 1. The zero-order chi connectivity index (χ0) is 30.3. The van der Waals surface area contributed by atoms with E-state index in [-0.39, 0.29) is 16.3 Å². The van der Waals surface area contributed by atoms with Crippen LogP contribution in [0.1, 0.15) is 45.7 Å². The van der Waals surface area contributed by atoms with Crippen LogP contribution in [0.4, 0.5) is 4.39 Å². The van der Waals surface area contributed by atoms with Gasteiger partial charge in [-0.25, -0.2) is 32.4 Å². The molecule has 0 spiro atoms. The highest BCUT2D eigenvalue weighted by Crippen LogP contribution is 2.39. The summed E-state index contributed by atoms with van der Waals surface area (Å²) in [7, 11) is -3.85. The Balaban J connectivity index is 1.48. The number of aromatic carboxylic acids is 1. The van der Waals surface area contributed by atoms with E-state index in [1.165, 1.54) is 34.9 Å². The van der Waals surface area contributed by atoms with Crippen LogP contribution in [0, 0.1) is 18.7 Å². The number of sulfonamides is 1. The highest BCUT2D eigenvalue weighted by atomic mass is 32.2. The molecule has 1 fully saturated rings. The van der Waals surface area contributed by atoms with Crippen LogP contribution in [0.3, 0.4) is 0 Å². The molecular weight excluding hydrogens is 591 g/mol. The highest BCUT2D eigenvalue weighted by Gasteiger charge is 2.29. The van der Waals surface area contributed by atoms with Gasteiger partial charge >= 0.3 is 5.97 Å². The molecule has 3 N–H and O–H groups in total. The van der Waals surface area contributed by atoms with E-state index < -0.39 is 21.8 Å². The summed E-state index contributed by atoms with van der Waals surface area (Å²) < 4.78 is 46.2. The Kier molecular flexibility index (Phi) is 7.59. The third-order valence-corrected chi connectivity index (χ3v) is 8.99. The molecule has 0 aliphatic heterocycles. The second kappa shape index (κ2) is 11.4. The molecule has 1 saturated carbocycles. The number of primary sulfonamides is 1. The summed E-state index contributed by atoms with van der Waals surface area (Å²) in [6, 6.07) is 18.2. The Hall–Kier alpha value is -4.39. The minimum atomic E-state index is -3.85. The molecule has 6 rings (SSSR count). The first kappa shape index (κ1) is 28.7. The number of hydrogen-bond acceptors (Lipinski definition) is 7. The molecule has 1 aliphatic rings. The van der Waals surface area contributed by atoms with Crippen molar-refractivity contribution in [2.75, 3.05) is 0 Å². The van der Waals surface area contributed by atoms with Crippen molar-refractivity contribution in [2.24, 2.45) is 11.1 Å². The lowest BCUT2D eigenvalue weighted by molar-refractivity contribution is 0.0691. The molecule has 0 bridgehead atoms. The van der Waals surface area contributed by atoms with Gasteiger partial charge in [-0.2, -0.15) is 5.10 Å². The number of carboxylic acids is 1. The van der Waals surface area contributed by atoms with Gasteiger partial charge in [0.15, 0.2) is 17.3 Å². The average molecular weight is 619 g/mol. The van der Waals surface area contributed by atoms with Gasteiger partial charge < -0.3 is 9.84 Å². The summed E-state index contributed by atoms with van der Waals surface area (Å²) >= 11 is 1.17. The van der Waals surface area contributed by atoms with Gasteiger partial charge in [-0.3, -0.25) is 0 Å². The Morgan fingerprint density at radius 2 is 1.84 bits per heavy atom.